The molecule has 2 aromatic rings. The number of hydrogen-bond donors (Lipinski definition) is 1. The van der Waals surface area contributed by atoms with Crippen molar-refractivity contribution in [2.75, 3.05) is 5.32 Å². The Hall–Kier alpha value is -2.04. The van der Waals surface area contributed by atoms with E-state index >= 15 is 0 Å². The maximum Gasteiger partial charge on any atom is 0.258 e. The van der Waals surface area contributed by atoms with Gasteiger partial charge < -0.3 is 9.88 Å². The molecule has 0 aromatic carbocycles. The van der Waals surface area contributed by atoms with E-state index in [1.165, 1.54) is 37.8 Å². The van der Waals surface area contributed by atoms with Crippen LogP contribution in [0.3, 0.4) is 0 Å². The third kappa shape index (κ3) is 3.05. The molecule has 5 nitrogen and oxygen atoms in total. The number of carbonyl (C=O) groups excluding carboxylic acids is 1. The number of carbonyl (C=O) groups is 1. The summed E-state index contributed by atoms with van der Waals surface area (Å²) in [6, 6.07) is 4.45. The number of anilines is 1. The van der Waals surface area contributed by atoms with Gasteiger partial charge in [0.25, 0.3) is 5.91 Å². The molecule has 0 unspecified atom stereocenters. The van der Waals surface area contributed by atoms with Crippen molar-refractivity contribution in [1.82, 2.24) is 14.3 Å². The van der Waals surface area contributed by atoms with Gasteiger partial charge in [-0.25, -0.2) is 0 Å². The lowest BCUT2D eigenvalue weighted by atomic mass is 9.95. The Bertz CT molecular complexity index is 720. The molecule has 0 atom stereocenters. The average molecular weight is 314 g/mol. The molecule has 124 valence electrons. The molecule has 23 heavy (non-hydrogen) atoms. The highest BCUT2D eigenvalue weighted by Crippen LogP contribution is 2.32. The number of nitrogens with one attached hydrogen (secondary N) is 1. The number of rotatable bonds is 3. The summed E-state index contributed by atoms with van der Waals surface area (Å²) < 4.78 is 4.07. The summed E-state index contributed by atoms with van der Waals surface area (Å²) in [6.45, 7) is 6.09. The van der Waals surface area contributed by atoms with Gasteiger partial charge in [-0.15, -0.1) is 0 Å². The fraction of sp³-hybridized carbons (Fsp3) is 0.556. The molecular formula is C18H26N4O. The number of nitrogens with zero attached hydrogens (tertiary/aromatic N) is 3. The molecule has 2 aromatic heterocycles. The van der Waals surface area contributed by atoms with Crippen LogP contribution in [0.5, 0.6) is 0 Å². The average Bonchev–Trinajstić information content (AvgIpc) is 2.99. The molecule has 1 saturated carbocycles. The van der Waals surface area contributed by atoms with Gasteiger partial charge in [0.15, 0.2) is 0 Å². The number of aryl methyl sites for hydroxylation is 3. The summed E-state index contributed by atoms with van der Waals surface area (Å²) in [4.78, 5) is 12.7. The summed E-state index contributed by atoms with van der Waals surface area (Å²) in [5, 5.41) is 7.25. The lowest BCUT2D eigenvalue weighted by molar-refractivity contribution is 0.102. The summed E-state index contributed by atoms with van der Waals surface area (Å²) in [7, 11) is 1.84. The van der Waals surface area contributed by atoms with Gasteiger partial charge in [-0.05, 0) is 39.7 Å². The SMILES string of the molecule is Cc1cc(NC(=O)c2cc(C)n(C3CCCCC3)c2C)n(C)n1. The first-order chi connectivity index (χ1) is 11.0. The molecule has 1 fully saturated rings. The Morgan fingerprint density at radius 2 is 1.87 bits per heavy atom. The Kier molecular flexibility index (Phi) is 4.28. The van der Waals surface area contributed by atoms with Crippen LogP contribution < -0.4 is 5.32 Å². The zero-order valence-corrected chi connectivity index (χ0v) is 14.5. The van der Waals surface area contributed by atoms with E-state index in [4.69, 9.17) is 0 Å². The van der Waals surface area contributed by atoms with Crippen LogP contribution in [0.15, 0.2) is 12.1 Å². The van der Waals surface area contributed by atoms with E-state index in [-0.39, 0.29) is 5.91 Å². The number of amides is 1. The van der Waals surface area contributed by atoms with E-state index in [0.717, 1.165) is 22.8 Å². The lowest BCUT2D eigenvalue weighted by Crippen LogP contribution is -2.18. The van der Waals surface area contributed by atoms with Crippen molar-refractivity contribution < 1.29 is 4.79 Å². The van der Waals surface area contributed by atoms with Crippen LogP contribution in [0.4, 0.5) is 5.82 Å². The molecular weight excluding hydrogens is 288 g/mol. The molecule has 0 spiro atoms. The number of aromatic nitrogens is 3. The molecule has 5 heteroatoms. The summed E-state index contributed by atoms with van der Waals surface area (Å²) >= 11 is 0. The summed E-state index contributed by atoms with van der Waals surface area (Å²) in [6.07, 6.45) is 6.36. The van der Waals surface area contributed by atoms with Crippen LogP contribution in [0.1, 0.15) is 65.6 Å². The molecule has 1 aliphatic carbocycles. The zero-order valence-electron chi connectivity index (χ0n) is 14.5. The topological polar surface area (TPSA) is 51.9 Å². The monoisotopic (exact) mass is 314 g/mol. The first-order valence-electron chi connectivity index (χ1n) is 8.48. The Labute approximate surface area is 137 Å². The fourth-order valence-electron chi connectivity index (χ4n) is 3.82. The van der Waals surface area contributed by atoms with Gasteiger partial charge in [-0.1, -0.05) is 19.3 Å². The summed E-state index contributed by atoms with van der Waals surface area (Å²) in [5.41, 5.74) is 3.92. The minimum Gasteiger partial charge on any atom is -0.345 e. The highest BCUT2D eigenvalue weighted by Gasteiger charge is 2.23. The molecule has 1 amide bonds. The van der Waals surface area contributed by atoms with E-state index in [9.17, 15) is 4.79 Å². The van der Waals surface area contributed by atoms with Crippen molar-refractivity contribution in [3.05, 3.63) is 34.8 Å². The van der Waals surface area contributed by atoms with E-state index in [2.05, 4.69) is 28.8 Å². The second kappa shape index (κ2) is 6.22. The first-order valence-corrected chi connectivity index (χ1v) is 8.48. The normalized spacial score (nSPS) is 15.8. The second-order valence-electron chi connectivity index (χ2n) is 6.70. The minimum atomic E-state index is -0.0526. The van der Waals surface area contributed by atoms with Crippen molar-refractivity contribution in [2.45, 2.75) is 58.9 Å². The third-order valence-electron chi connectivity index (χ3n) is 4.91. The van der Waals surface area contributed by atoms with Gasteiger partial charge in [-0.2, -0.15) is 5.10 Å². The standard InChI is InChI=1S/C18H26N4O/c1-12-10-17(21(4)20-12)19-18(23)16-11-13(2)22(14(16)3)15-8-6-5-7-9-15/h10-11,15H,5-9H2,1-4H3,(H,19,23). The lowest BCUT2D eigenvalue weighted by Gasteiger charge is -2.26. The maximum absolute atomic E-state index is 12.7. The molecule has 0 saturated heterocycles. The first kappa shape index (κ1) is 15.8. The van der Waals surface area contributed by atoms with Crippen LogP contribution in [-0.2, 0) is 7.05 Å². The van der Waals surface area contributed by atoms with Crippen LogP contribution in [-0.4, -0.2) is 20.3 Å². The molecule has 0 radical (unpaired) electrons. The Morgan fingerprint density at radius 1 is 1.17 bits per heavy atom. The van der Waals surface area contributed by atoms with Gasteiger partial charge in [0, 0.05) is 30.5 Å². The predicted octanol–water partition coefficient (Wildman–Crippen LogP) is 3.90. The van der Waals surface area contributed by atoms with Crippen LogP contribution in [0.2, 0.25) is 0 Å². The van der Waals surface area contributed by atoms with Crippen molar-refractivity contribution >= 4 is 11.7 Å². The van der Waals surface area contributed by atoms with Crippen molar-refractivity contribution in [3.8, 4) is 0 Å². The van der Waals surface area contributed by atoms with Crippen molar-refractivity contribution in [2.24, 2.45) is 7.05 Å². The molecule has 1 N–H and O–H groups in total. The van der Waals surface area contributed by atoms with E-state index in [1.807, 2.05) is 26.1 Å². The molecule has 0 aliphatic heterocycles. The smallest absolute Gasteiger partial charge is 0.258 e. The molecule has 0 bridgehead atoms. The minimum absolute atomic E-state index is 0.0526. The van der Waals surface area contributed by atoms with Gasteiger partial charge in [0.05, 0.1) is 11.3 Å². The van der Waals surface area contributed by atoms with E-state index in [1.54, 1.807) is 4.68 Å². The zero-order chi connectivity index (χ0) is 16.6. The highest BCUT2D eigenvalue weighted by atomic mass is 16.1. The number of hydrogen-bond acceptors (Lipinski definition) is 2. The molecule has 2 heterocycles. The molecule has 3 rings (SSSR count). The van der Waals surface area contributed by atoms with Gasteiger partial charge in [0.2, 0.25) is 0 Å². The quantitative estimate of drug-likeness (QED) is 0.934. The fourth-order valence-corrected chi connectivity index (χ4v) is 3.82. The van der Waals surface area contributed by atoms with Crippen molar-refractivity contribution in [1.29, 1.82) is 0 Å². The van der Waals surface area contributed by atoms with Crippen LogP contribution in [0, 0.1) is 20.8 Å². The second-order valence-corrected chi connectivity index (χ2v) is 6.70. The van der Waals surface area contributed by atoms with Gasteiger partial charge in [0.1, 0.15) is 5.82 Å². The van der Waals surface area contributed by atoms with Crippen molar-refractivity contribution in [3.63, 3.8) is 0 Å². The van der Waals surface area contributed by atoms with Gasteiger partial charge >= 0.3 is 0 Å². The summed E-state index contributed by atoms with van der Waals surface area (Å²) in [5.74, 6) is 0.679. The van der Waals surface area contributed by atoms with Crippen LogP contribution >= 0.6 is 0 Å². The maximum atomic E-state index is 12.7. The Balaban J connectivity index is 1.85. The third-order valence-corrected chi connectivity index (χ3v) is 4.91. The van der Waals surface area contributed by atoms with Crippen LogP contribution in [0.25, 0.3) is 0 Å². The van der Waals surface area contributed by atoms with E-state index < -0.39 is 0 Å². The Morgan fingerprint density at radius 3 is 2.48 bits per heavy atom. The van der Waals surface area contributed by atoms with Gasteiger partial charge in [-0.3, -0.25) is 9.48 Å². The van der Waals surface area contributed by atoms with E-state index in [0.29, 0.717) is 6.04 Å². The largest absolute Gasteiger partial charge is 0.345 e. The predicted molar refractivity (Wildman–Crippen MR) is 91.9 cm³/mol. The highest BCUT2D eigenvalue weighted by molar-refractivity contribution is 6.04. The molecule has 1 aliphatic rings.